The number of amides is 2. The molecule has 124 valence electrons. The van der Waals surface area contributed by atoms with Crippen molar-refractivity contribution in [3.05, 3.63) is 30.1 Å². The van der Waals surface area contributed by atoms with E-state index >= 15 is 0 Å². The topological polar surface area (TPSA) is 83.0 Å². The lowest BCUT2D eigenvalue weighted by atomic mass is 9.89. The molecule has 2 amide bonds. The van der Waals surface area contributed by atoms with Crippen LogP contribution >= 0.6 is 0 Å². The van der Waals surface area contributed by atoms with Crippen molar-refractivity contribution in [2.75, 3.05) is 32.8 Å². The van der Waals surface area contributed by atoms with Gasteiger partial charge in [-0.15, -0.1) is 0 Å². The largest absolute Gasteiger partial charge is 0.448 e. The number of carbonyl (C=O) groups is 2. The Morgan fingerprint density at radius 2 is 2.13 bits per heavy atom. The van der Waals surface area contributed by atoms with Gasteiger partial charge in [-0.25, -0.2) is 4.79 Å². The monoisotopic (exact) mass is 319 g/mol. The number of pyridine rings is 1. The smallest absolute Gasteiger partial charge is 0.410 e. The van der Waals surface area contributed by atoms with E-state index in [4.69, 9.17) is 4.74 Å². The molecule has 2 aliphatic rings. The summed E-state index contributed by atoms with van der Waals surface area (Å²) in [5, 5.41) is 10.4. The number of rotatable bonds is 4. The molecule has 0 spiro atoms. The van der Waals surface area contributed by atoms with Crippen LogP contribution in [0.15, 0.2) is 24.4 Å². The Labute approximate surface area is 134 Å². The normalized spacial score (nSPS) is 20.5. The average molecular weight is 319 g/mol. The molecule has 3 heterocycles. The van der Waals surface area contributed by atoms with E-state index in [1.165, 1.54) is 4.90 Å². The fourth-order valence-corrected chi connectivity index (χ4v) is 3.09. The summed E-state index contributed by atoms with van der Waals surface area (Å²) in [6.45, 7) is 2.09. The van der Waals surface area contributed by atoms with Gasteiger partial charge in [0.25, 0.3) is 0 Å². The van der Waals surface area contributed by atoms with Crippen LogP contribution in [-0.4, -0.2) is 64.7 Å². The fraction of sp³-hybridized carbons (Fsp3) is 0.562. The highest BCUT2D eigenvalue weighted by atomic mass is 16.6. The summed E-state index contributed by atoms with van der Waals surface area (Å²) in [7, 11) is 0. The van der Waals surface area contributed by atoms with Crippen LogP contribution < -0.4 is 0 Å². The summed E-state index contributed by atoms with van der Waals surface area (Å²) in [6, 6.07) is 5.50. The third-order valence-corrected chi connectivity index (χ3v) is 4.50. The fourth-order valence-electron chi connectivity index (χ4n) is 3.09. The Bertz CT molecular complexity index is 558. The first-order chi connectivity index (χ1) is 11.1. The van der Waals surface area contributed by atoms with Gasteiger partial charge >= 0.3 is 6.09 Å². The number of likely N-dealkylation sites (tertiary alicyclic amines) is 1. The van der Waals surface area contributed by atoms with E-state index in [0.717, 1.165) is 12.8 Å². The Morgan fingerprint density at radius 3 is 2.74 bits per heavy atom. The van der Waals surface area contributed by atoms with Crippen molar-refractivity contribution in [3.8, 4) is 0 Å². The van der Waals surface area contributed by atoms with Gasteiger partial charge in [-0.2, -0.15) is 0 Å². The Hall–Kier alpha value is -2.15. The quantitative estimate of drug-likeness (QED) is 0.888. The highest BCUT2D eigenvalue weighted by molar-refractivity contribution is 5.82. The van der Waals surface area contributed by atoms with Crippen LogP contribution in [0.5, 0.6) is 0 Å². The van der Waals surface area contributed by atoms with Crippen LogP contribution in [0, 0.1) is 5.92 Å². The van der Waals surface area contributed by atoms with E-state index in [1.54, 1.807) is 11.1 Å². The molecule has 3 rings (SSSR count). The van der Waals surface area contributed by atoms with E-state index in [2.05, 4.69) is 4.98 Å². The zero-order valence-electron chi connectivity index (χ0n) is 12.9. The first kappa shape index (κ1) is 15.7. The van der Waals surface area contributed by atoms with Crippen LogP contribution in [0.25, 0.3) is 0 Å². The van der Waals surface area contributed by atoms with E-state index in [9.17, 15) is 14.7 Å². The standard InChI is InChI=1S/C16H21N3O4/c20-14(11-19-9-10-23-16(19)22)18-7-4-12(5-8-18)15(21)13-3-1-2-6-17-13/h1-3,6,12,15,21H,4-5,7-11H2/t15-/m1/s1. The third kappa shape index (κ3) is 3.61. The minimum atomic E-state index is -0.595. The molecule has 0 aliphatic carbocycles. The van der Waals surface area contributed by atoms with Crippen molar-refractivity contribution < 1.29 is 19.4 Å². The molecule has 0 aromatic carbocycles. The number of aliphatic hydroxyl groups is 1. The number of aromatic nitrogens is 1. The summed E-state index contributed by atoms with van der Waals surface area (Å²) in [5.41, 5.74) is 0.678. The molecule has 1 aromatic rings. The molecule has 0 saturated carbocycles. The minimum Gasteiger partial charge on any atom is -0.448 e. The lowest BCUT2D eigenvalue weighted by Crippen LogP contribution is -2.45. The summed E-state index contributed by atoms with van der Waals surface area (Å²) in [6.07, 6.45) is 2.12. The molecule has 1 N–H and O–H groups in total. The average Bonchev–Trinajstić information content (AvgIpc) is 3.00. The van der Waals surface area contributed by atoms with Gasteiger partial charge < -0.3 is 14.7 Å². The van der Waals surface area contributed by atoms with E-state index in [0.29, 0.717) is 31.9 Å². The molecule has 7 nitrogen and oxygen atoms in total. The van der Waals surface area contributed by atoms with Crippen LogP contribution in [-0.2, 0) is 9.53 Å². The Kier molecular flexibility index (Phi) is 4.76. The van der Waals surface area contributed by atoms with Crippen LogP contribution in [0.4, 0.5) is 4.79 Å². The molecule has 7 heteroatoms. The Morgan fingerprint density at radius 1 is 1.35 bits per heavy atom. The Balaban J connectivity index is 1.50. The van der Waals surface area contributed by atoms with Crippen LogP contribution in [0.1, 0.15) is 24.6 Å². The third-order valence-electron chi connectivity index (χ3n) is 4.50. The first-order valence-corrected chi connectivity index (χ1v) is 7.93. The molecule has 2 aliphatic heterocycles. The number of ether oxygens (including phenoxy) is 1. The van der Waals surface area contributed by atoms with E-state index in [1.807, 2.05) is 18.2 Å². The molecule has 2 saturated heterocycles. The maximum Gasteiger partial charge on any atom is 0.410 e. The summed E-state index contributed by atoms with van der Waals surface area (Å²) < 4.78 is 4.83. The SMILES string of the molecule is O=C(CN1CCOC1=O)N1CCC([C@@H](O)c2ccccn2)CC1. The molecular weight excluding hydrogens is 298 g/mol. The van der Waals surface area contributed by atoms with Crippen molar-refractivity contribution in [3.63, 3.8) is 0 Å². The number of hydrogen-bond acceptors (Lipinski definition) is 5. The van der Waals surface area contributed by atoms with Gasteiger partial charge in [-0.05, 0) is 30.9 Å². The zero-order valence-corrected chi connectivity index (χ0v) is 12.9. The molecule has 0 radical (unpaired) electrons. The lowest BCUT2D eigenvalue weighted by Gasteiger charge is -2.34. The predicted octanol–water partition coefficient (Wildman–Crippen LogP) is 0.806. The van der Waals surface area contributed by atoms with Crippen molar-refractivity contribution in [1.82, 2.24) is 14.8 Å². The second-order valence-electron chi connectivity index (χ2n) is 5.95. The summed E-state index contributed by atoms with van der Waals surface area (Å²) in [4.78, 5) is 31.0. The maximum absolute atomic E-state index is 12.2. The van der Waals surface area contributed by atoms with Crippen LogP contribution in [0.3, 0.4) is 0 Å². The molecule has 23 heavy (non-hydrogen) atoms. The summed E-state index contributed by atoms with van der Waals surface area (Å²) >= 11 is 0. The van der Waals surface area contributed by atoms with E-state index in [-0.39, 0.29) is 18.4 Å². The molecule has 0 unspecified atom stereocenters. The van der Waals surface area contributed by atoms with Gasteiger partial charge in [-0.3, -0.25) is 14.7 Å². The zero-order chi connectivity index (χ0) is 16.2. The number of aliphatic hydroxyl groups excluding tert-OH is 1. The maximum atomic E-state index is 12.2. The highest BCUT2D eigenvalue weighted by Crippen LogP contribution is 2.29. The van der Waals surface area contributed by atoms with Crippen molar-refractivity contribution in [2.45, 2.75) is 18.9 Å². The van der Waals surface area contributed by atoms with Crippen molar-refractivity contribution in [2.24, 2.45) is 5.92 Å². The summed E-state index contributed by atoms with van der Waals surface area (Å²) in [5.74, 6) is 0.0420. The molecule has 0 bridgehead atoms. The van der Waals surface area contributed by atoms with Gasteiger partial charge in [0, 0.05) is 19.3 Å². The number of piperidine rings is 1. The van der Waals surface area contributed by atoms with Gasteiger partial charge in [-0.1, -0.05) is 6.07 Å². The molecule has 1 aromatic heterocycles. The second-order valence-corrected chi connectivity index (χ2v) is 5.95. The second kappa shape index (κ2) is 6.95. The van der Waals surface area contributed by atoms with E-state index < -0.39 is 12.2 Å². The number of carbonyl (C=O) groups excluding carboxylic acids is 2. The molecular formula is C16H21N3O4. The highest BCUT2D eigenvalue weighted by Gasteiger charge is 2.31. The minimum absolute atomic E-state index is 0.0605. The van der Waals surface area contributed by atoms with Crippen molar-refractivity contribution >= 4 is 12.0 Å². The number of cyclic esters (lactones) is 1. The van der Waals surface area contributed by atoms with Gasteiger partial charge in [0.1, 0.15) is 13.2 Å². The number of hydrogen-bond donors (Lipinski definition) is 1. The molecule has 1 atom stereocenters. The van der Waals surface area contributed by atoms with Crippen molar-refractivity contribution in [1.29, 1.82) is 0 Å². The van der Waals surface area contributed by atoms with Gasteiger partial charge in [0.15, 0.2) is 0 Å². The first-order valence-electron chi connectivity index (χ1n) is 7.93. The molecule has 2 fully saturated rings. The lowest BCUT2D eigenvalue weighted by molar-refractivity contribution is -0.133. The predicted molar refractivity (Wildman–Crippen MR) is 81.4 cm³/mol. The number of nitrogens with zero attached hydrogens (tertiary/aromatic N) is 3. The van der Waals surface area contributed by atoms with Gasteiger partial charge in [0.05, 0.1) is 18.3 Å². The van der Waals surface area contributed by atoms with Crippen LogP contribution in [0.2, 0.25) is 0 Å². The van der Waals surface area contributed by atoms with Gasteiger partial charge in [0.2, 0.25) is 5.91 Å².